The Kier molecular flexibility index (Phi) is 13.9. The van der Waals surface area contributed by atoms with Crippen molar-refractivity contribution in [3.8, 4) is 72.9 Å². The molecule has 6 nitrogen and oxygen atoms in total. The molecule has 0 bridgehead atoms. The molecule has 0 radical (unpaired) electrons. The van der Waals surface area contributed by atoms with Crippen LogP contribution < -0.4 is 4.90 Å². The molecule has 0 saturated carbocycles. The summed E-state index contributed by atoms with van der Waals surface area (Å²) in [7, 11) is 0. The van der Waals surface area contributed by atoms with Crippen LogP contribution >= 0.6 is 0 Å². The summed E-state index contributed by atoms with van der Waals surface area (Å²) in [5, 5.41) is 12.1. The summed E-state index contributed by atoms with van der Waals surface area (Å²) in [4.78, 5) is 2.32. The van der Waals surface area contributed by atoms with Crippen molar-refractivity contribution in [2.75, 3.05) is 4.90 Å². The first kappa shape index (κ1) is 61.1. The molecule has 0 spiro atoms. The first-order valence-corrected chi connectivity index (χ1v) is 37.1. The molecule has 0 aliphatic carbocycles. The van der Waals surface area contributed by atoms with E-state index in [1.807, 2.05) is 0 Å². The van der Waals surface area contributed by atoms with Gasteiger partial charge in [-0.1, -0.05) is 212 Å². The van der Waals surface area contributed by atoms with Crippen LogP contribution in [0.2, 0.25) is 0 Å². The summed E-state index contributed by atoms with van der Waals surface area (Å²) < 4.78 is 12.2. The number of nitrogens with zero attached hydrogens (tertiary/aromatic N) is 6. The Hall–Kier alpha value is -14.5. The second kappa shape index (κ2) is 24.6. The van der Waals surface area contributed by atoms with Gasteiger partial charge in [-0.05, 0) is 233 Å². The van der Waals surface area contributed by atoms with Crippen LogP contribution in [0.5, 0.6) is 0 Å². The van der Waals surface area contributed by atoms with Crippen LogP contribution in [0.3, 0.4) is 0 Å². The van der Waals surface area contributed by atoms with Gasteiger partial charge in [-0.15, -0.1) is 0 Å². The van der Waals surface area contributed by atoms with Gasteiger partial charge in [0.05, 0.1) is 55.2 Å². The number of fused-ring (bicyclic) bond motifs is 15. The summed E-state index contributed by atoms with van der Waals surface area (Å²) in [5.41, 5.74) is 30.0. The van der Waals surface area contributed by atoms with E-state index in [0.29, 0.717) is 0 Å². The molecule has 5 aromatic heterocycles. The highest BCUT2D eigenvalue weighted by Crippen LogP contribution is 2.46. The minimum atomic E-state index is 1.10. The summed E-state index contributed by atoms with van der Waals surface area (Å²) in [6, 6.07) is 147. The molecule has 0 aliphatic heterocycles. The quantitative estimate of drug-likeness (QED) is 0.120. The lowest BCUT2D eigenvalue weighted by Crippen LogP contribution is -2.09. The zero-order chi connectivity index (χ0) is 70.9. The molecular weight excluding hydrogens is 1310 g/mol. The van der Waals surface area contributed by atoms with E-state index in [9.17, 15) is 0 Å². The molecular formula is C102H66N6. The summed E-state index contributed by atoms with van der Waals surface area (Å²) in [5.74, 6) is 0. The fraction of sp³-hybridized carbons (Fsp3) is 0. The first-order chi connectivity index (χ1) is 53.6. The molecule has 22 rings (SSSR count). The maximum Gasteiger partial charge on any atom is 0.0548 e. The van der Waals surface area contributed by atoms with Gasteiger partial charge in [0.2, 0.25) is 0 Å². The van der Waals surface area contributed by atoms with Crippen LogP contribution in [0.15, 0.2) is 400 Å². The minimum absolute atomic E-state index is 1.10. The zero-order valence-electron chi connectivity index (χ0n) is 58.8. The normalized spacial score (nSPS) is 11.9. The third-order valence-electron chi connectivity index (χ3n) is 22.4. The number of anilines is 3. The molecule has 0 saturated heterocycles. The second-order valence-electron chi connectivity index (χ2n) is 28.4. The van der Waals surface area contributed by atoms with E-state index in [2.05, 4.69) is 428 Å². The van der Waals surface area contributed by atoms with E-state index in [-0.39, 0.29) is 0 Å². The summed E-state index contributed by atoms with van der Waals surface area (Å²) >= 11 is 0. The third-order valence-corrected chi connectivity index (χ3v) is 22.4. The third kappa shape index (κ3) is 9.74. The van der Waals surface area contributed by atoms with Gasteiger partial charge in [-0.3, -0.25) is 0 Å². The highest BCUT2D eigenvalue weighted by atomic mass is 15.1. The number of benzene rings is 17. The molecule has 0 unspecified atom stereocenters. The molecule has 0 amide bonds. The van der Waals surface area contributed by atoms with Gasteiger partial charge in [-0.25, -0.2) is 0 Å². The number of hydrogen-bond donors (Lipinski definition) is 0. The summed E-state index contributed by atoms with van der Waals surface area (Å²) in [6.45, 7) is 0. The second-order valence-corrected chi connectivity index (χ2v) is 28.4. The highest BCUT2D eigenvalue weighted by Gasteiger charge is 2.24. The molecule has 17 aromatic carbocycles. The lowest BCUT2D eigenvalue weighted by Gasteiger charge is -2.25. The number of aromatic nitrogens is 5. The standard InChI is InChI=1S/C102H66N6/c1-7-25-75(26-8-1)103(76-27-9-2-10-28-76)81-50-42-67(43-51-81)69-45-53-99-90(59-69)92-66-101-91(65-102(92)107(99)80-35-17-6-18-36-80)84-39-20-22-41-94(84)108(101)82-37-23-24-68(58-82)74-44-52-85-87-61-71(47-55-96(87)106(100(85)64-74)79-33-15-5-16-34-79)73-49-57-98-89(63-73)88-62-72(48-56-97(88)105(98)78-31-13-4-14-32-78)70-46-54-95-86(60-70)83-38-19-21-40-93(83)104(95)77-29-11-3-12-30-77/h1-66H. The smallest absolute Gasteiger partial charge is 0.0548 e. The Morgan fingerprint density at radius 3 is 0.796 bits per heavy atom. The fourth-order valence-corrected chi connectivity index (χ4v) is 17.5. The topological polar surface area (TPSA) is 27.9 Å². The van der Waals surface area contributed by atoms with E-state index in [1.54, 1.807) is 0 Å². The lowest BCUT2D eigenvalue weighted by molar-refractivity contribution is 1.17. The van der Waals surface area contributed by atoms with E-state index in [4.69, 9.17) is 0 Å². The lowest BCUT2D eigenvalue weighted by atomic mass is 9.98. The Bertz CT molecular complexity index is 7270. The Morgan fingerprint density at radius 1 is 0.130 bits per heavy atom. The van der Waals surface area contributed by atoms with Crippen molar-refractivity contribution in [1.29, 1.82) is 0 Å². The number of para-hydroxylation sites is 8. The molecule has 22 aromatic rings. The Morgan fingerprint density at radius 2 is 0.380 bits per heavy atom. The Labute approximate surface area is 623 Å². The van der Waals surface area contributed by atoms with Crippen molar-refractivity contribution >= 4 is 126 Å². The van der Waals surface area contributed by atoms with Crippen LogP contribution in [0.1, 0.15) is 0 Å². The average Bonchev–Trinajstić information content (AvgIpc) is 1.57. The van der Waals surface area contributed by atoms with Crippen molar-refractivity contribution in [2.24, 2.45) is 0 Å². The molecule has 504 valence electrons. The Balaban J connectivity index is 0.656. The largest absolute Gasteiger partial charge is 0.311 e. The first-order valence-electron chi connectivity index (χ1n) is 37.1. The number of rotatable bonds is 12. The maximum absolute atomic E-state index is 2.48. The average molecular weight is 1380 g/mol. The number of hydrogen-bond acceptors (Lipinski definition) is 1. The van der Waals surface area contributed by atoms with E-state index < -0.39 is 0 Å². The van der Waals surface area contributed by atoms with Gasteiger partial charge in [0.1, 0.15) is 0 Å². The van der Waals surface area contributed by atoms with Crippen LogP contribution in [0, 0.1) is 0 Å². The van der Waals surface area contributed by atoms with Gasteiger partial charge in [-0.2, -0.15) is 0 Å². The maximum atomic E-state index is 2.48. The predicted octanol–water partition coefficient (Wildman–Crippen LogP) is 27.3. The van der Waals surface area contributed by atoms with Crippen LogP contribution in [0.4, 0.5) is 17.1 Å². The van der Waals surface area contributed by atoms with Gasteiger partial charge in [0.25, 0.3) is 0 Å². The monoisotopic (exact) mass is 1370 g/mol. The fourth-order valence-electron chi connectivity index (χ4n) is 17.5. The zero-order valence-corrected chi connectivity index (χ0v) is 58.8. The van der Waals surface area contributed by atoms with Crippen molar-refractivity contribution in [3.63, 3.8) is 0 Å². The van der Waals surface area contributed by atoms with Crippen molar-refractivity contribution in [2.45, 2.75) is 0 Å². The van der Waals surface area contributed by atoms with Crippen LogP contribution in [0.25, 0.3) is 182 Å². The molecule has 108 heavy (non-hydrogen) atoms. The van der Waals surface area contributed by atoms with Gasteiger partial charge in [0.15, 0.2) is 0 Å². The SMILES string of the molecule is c1ccc(N(c2ccccc2)c2ccc(-c3ccc4c(c3)c3cc5c(cc3n4-c3ccccc3)c3ccccc3n5-c3cccc(-c4ccc5c6cc(-c7ccc8c(c7)c7cc(-c9ccc%10c(c9)c9ccccc9n%10-c9ccccc9)ccc7n8-c7ccccc7)ccc6n(-c6ccccc6)c5c4)c3)cc2)cc1. The van der Waals surface area contributed by atoms with E-state index in [1.165, 1.54) is 104 Å². The predicted molar refractivity (Wildman–Crippen MR) is 455 cm³/mol. The molecule has 0 atom stereocenters. The molecule has 0 N–H and O–H groups in total. The van der Waals surface area contributed by atoms with Crippen molar-refractivity contribution < 1.29 is 0 Å². The van der Waals surface area contributed by atoms with Gasteiger partial charge < -0.3 is 27.7 Å². The van der Waals surface area contributed by atoms with Crippen molar-refractivity contribution in [3.05, 3.63) is 400 Å². The van der Waals surface area contributed by atoms with Gasteiger partial charge >= 0.3 is 0 Å². The van der Waals surface area contributed by atoms with Crippen LogP contribution in [-0.4, -0.2) is 22.8 Å². The molecule has 0 fully saturated rings. The van der Waals surface area contributed by atoms with Gasteiger partial charge in [0, 0.05) is 99.4 Å². The highest BCUT2D eigenvalue weighted by molar-refractivity contribution is 6.20. The molecule has 0 aliphatic rings. The van der Waals surface area contributed by atoms with E-state index >= 15 is 0 Å². The van der Waals surface area contributed by atoms with E-state index in [0.717, 1.165) is 95.3 Å². The van der Waals surface area contributed by atoms with Crippen LogP contribution in [-0.2, 0) is 0 Å². The minimum Gasteiger partial charge on any atom is -0.311 e. The van der Waals surface area contributed by atoms with Crippen molar-refractivity contribution in [1.82, 2.24) is 22.8 Å². The summed E-state index contributed by atoms with van der Waals surface area (Å²) in [6.07, 6.45) is 0. The molecule has 6 heteroatoms. The molecule has 5 heterocycles.